The summed E-state index contributed by atoms with van der Waals surface area (Å²) in [5.74, 6) is -0.374. The molecule has 2 N–H and O–H groups in total. The highest BCUT2D eigenvalue weighted by atomic mass is 32.1. The Balaban J connectivity index is 1.80. The van der Waals surface area contributed by atoms with Crippen LogP contribution >= 0.6 is 11.3 Å². The average molecular weight is 392 g/mol. The summed E-state index contributed by atoms with van der Waals surface area (Å²) in [4.78, 5) is 12.4. The second-order valence-corrected chi connectivity index (χ2v) is 6.76. The molecule has 0 radical (unpaired) electrons. The van der Waals surface area contributed by atoms with Crippen molar-refractivity contribution < 1.29 is 14.6 Å². The Morgan fingerprint density at radius 2 is 2.07 bits per heavy atom. The number of hydrogen-bond acceptors (Lipinski definition) is 7. The van der Waals surface area contributed by atoms with E-state index in [0.29, 0.717) is 15.7 Å². The summed E-state index contributed by atoms with van der Waals surface area (Å²) < 4.78 is 5.03. The molecule has 0 atom stereocenters. The van der Waals surface area contributed by atoms with Gasteiger partial charge in [-0.2, -0.15) is 5.26 Å². The van der Waals surface area contributed by atoms with Gasteiger partial charge in [0.25, 0.3) is 5.91 Å². The van der Waals surface area contributed by atoms with E-state index in [1.54, 1.807) is 6.07 Å². The lowest BCUT2D eigenvalue weighted by Crippen LogP contribution is -2.13. The number of aromatic hydroxyl groups is 1. The van der Waals surface area contributed by atoms with Gasteiger partial charge in [-0.25, -0.2) is 0 Å². The van der Waals surface area contributed by atoms with Crippen LogP contribution in [-0.4, -0.2) is 28.3 Å². The smallest absolute Gasteiger partial charge is 0.268 e. The first kappa shape index (κ1) is 19.1. The minimum Gasteiger partial charge on any atom is -0.504 e. The standard InChI is InChI=1S/C20H16N4O3S/c1-12-5-3-4-6-15(12)19-23-24-20(28-19)22-18(26)14(11-21)9-13-7-8-16(25)17(10-13)27-2/h3-10,25H,1-2H3,(H,22,24,26)/b14-9-. The van der Waals surface area contributed by atoms with Crippen molar-refractivity contribution in [3.8, 4) is 28.1 Å². The molecule has 0 saturated carbocycles. The Morgan fingerprint density at radius 3 is 2.79 bits per heavy atom. The Morgan fingerprint density at radius 1 is 1.29 bits per heavy atom. The number of phenolic OH excluding ortho intramolecular Hbond substituents is 1. The van der Waals surface area contributed by atoms with Gasteiger partial charge in [-0.3, -0.25) is 10.1 Å². The van der Waals surface area contributed by atoms with Crippen LogP contribution in [0.1, 0.15) is 11.1 Å². The fourth-order valence-electron chi connectivity index (χ4n) is 2.46. The average Bonchev–Trinajstić information content (AvgIpc) is 3.15. The molecule has 3 aromatic rings. The maximum Gasteiger partial charge on any atom is 0.268 e. The van der Waals surface area contributed by atoms with E-state index in [4.69, 9.17) is 4.74 Å². The molecule has 2 aromatic carbocycles. The Kier molecular flexibility index (Phi) is 5.67. The molecule has 0 bridgehead atoms. The van der Waals surface area contributed by atoms with Gasteiger partial charge in [-0.15, -0.1) is 10.2 Å². The molecule has 7 nitrogen and oxygen atoms in total. The summed E-state index contributed by atoms with van der Waals surface area (Å²) in [6.07, 6.45) is 1.40. The zero-order chi connectivity index (χ0) is 20.1. The lowest BCUT2D eigenvalue weighted by atomic mass is 10.1. The molecule has 1 heterocycles. The minimum atomic E-state index is -0.595. The van der Waals surface area contributed by atoms with E-state index in [0.717, 1.165) is 11.1 Å². The first-order valence-electron chi connectivity index (χ1n) is 8.21. The first-order chi connectivity index (χ1) is 13.5. The molecule has 0 aliphatic rings. The second kappa shape index (κ2) is 8.33. The summed E-state index contributed by atoms with van der Waals surface area (Å²) >= 11 is 1.23. The van der Waals surface area contributed by atoms with Crippen molar-refractivity contribution in [2.75, 3.05) is 12.4 Å². The first-order valence-corrected chi connectivity index (χ1v) is 9.03. The monoisotopic (exact) mass is 392 g/mol. The van der Waals surface area contributed by atoms with Gasteiger partial charge in [0.15, 0.2) is 11.5 Å². The normalized spacial score (nSPS) is 11.0. The molecule has 0 spiro atoms. The number of aryl methyl sites for hydroxylation is 1. The van der Waals surface area contributed by atoms with Crippen molar-refractivity contribution in [3.63, 3.8) is 0 Å². The third-order valence-corrected chi connectivity index (χ3v) is 4.77. The molecule has 0 aliphatic heterocycles. The SMILES string of the molecule is COc1cc(/C=C(/C#N)C(=O)Nc2nnc(-c3ccccc3C)s2)ccc1O. The Labute approximate surface area is 165 Å². The van der Waals surface area contributed by atoms with Crippen LogP contribution in [0.2, 0.25) is 0 Å². The number of carbonyl (C=O) groups excluding carboxylic acids is 1. The van der Waals surface area contributed by atoms with Crippen LogP contribution in [0.25, 0.3) is 16.6 Å². The van der Waals surface area contributed by atoms with Gasteiger partial charge < -0.3 is 9.84 Å². The third-order valence-electron chi connectivity index (χ3n) is 3.90. The van der Waals surface area contributed by atoms with Crippen LogP contribution in [0.15, 0.2) is 48.0 Å². The number of ether oxygens (including phenoxy) is 1. The van der Waals surface area contributed by atoms with E-state index in [1.807, 2.05) is 37.3 Å². The van der Waals surface area contributed by atoms with Crippen molar-refractivity contribution in [2.45, 2.75) is 6.92 Å². The number of methoxy groups -OCH3 is 1. The van der Waals surface area contributed by atoms with Crippen LogP contribution < -0.4 is 10.1 Å². The fraction of sp³-hybridized carbons (Fsp3) is 0.100. The molecule has 1 aromatic heterocycles. The lowest BCUT2D eigenvalue weighted by Gasteiger charge is -2.04. The number of anilines is 1. The molecular formula is C20H16N4O3S. The van der Waals surface area contributed by atoms with E-state index < -0.39 is 5.91 Å². The highest BCUT2D eigenvalue weighted by Gasteiger charge is 2.14. The van der Waals surface area contributed by atoms with Crippen molar-refractivity contribution in [1.82, 2.24) is 10.2 Å². The van der Waals surface area contributed by atoms with Gasteiger partial charge >= 0.3 is 0 Å². The van der Waals surface area contributed by atoms with Crippen molar-refractivity contribution >= 4 is 28.5 Å². The highest BCUT2D eigenvalue weighted by Crippen LogP contribution is 2.29. The number of rotatable bonds is 5. The van der Waals surface area contributed by atoms with Crippen LogP contribution in [0.5, 0.6) is 11.5 Å². The second-order valence-electron chi connectivity index (χ2n) is 5.78. The maximum absolute atomic E-state index is 12.4. The summed E-state index contributed by atoms with van der Waals surface area (Å²) in [5, 5.41) is 30.7. The third kappa shape index (κ3) is 4.16. The number of hydrogen-bond donors (Lipinski definition) is 2. The summed E-state index contributed by atoms with van der Waals surface area (Å²) in [7, 11) is 1.42. The number of nitrogens with zero attached hydrogens (tertiary/aromatic N) is 3. The number of carbonyl (C=O) groups is 1. The van der Waals surface area contributed by atoms with Gasteiger partial charge in [-0.1, -0.05) is 41.7 Å². The van der Waals surface area contributed by atoms with Crippen LogP contribution in [0, 0.1) is 18.3 Å². The zero-order valence-corrected chi connectivity index (χ0v) is 15.9. The zero-order valence-electron chi connectivity index (χ0n) is 15.1. The Hall–Kier alpha value is -3.70. The van der Waals surface area contributed by atoms with Gasteiger partial charge in [-0.05, 0) is 36.3 Å². The highest BCUT2D eigenvalue weighted by molar-refractivity contribution is 7.18. The summed E-state index contributed by atoms with van der Waals surface area (Å²) in [6, 6.07) is 14.1. The summed E-state index contributed by atoms with van der Waals surface area (Å²) in [5.41, 5.74) is 2.42. The maximum atomic E-state index is 12.4. The number of nitrogens with one attached hydrogen (secondary N) is 1. The van der Waals surface area contributed by atoms with Crippen LogP contribution in [0.4, 0.5) is 5.13 Å². The molecule has 0 fully saturated rings. The molecule has 28 heavy (non-hydrogen) atoms. The van der Waals surface area contributed by atoms with E-state index in [-0.39, 0.29) is 17.1 Å². The van der Waals surface area contributed by atoms with Crippen molar-refractivity contribution in [2.24, 2.45) is 0 Å². The van der Waals surface area contributed by atoms with Gasteiger partial charge in [0.1, 0.15) is 16.6 Å². The minimum absolute atomic E-state index is 0.0276. The van der Waals surface area contributed by atoms with E-state index >= 15 is 0 Å². The van der Waals surface area contributed by atoms with E-state index in [1.165, 1.54) is 36.7 Å². The number of phenols is 1. The Bertz CT molecular complexity index is 1100. The molecule has 3 rings (SSSR count). The lowest BCUT2D eigenvalue weighted by molar-refractivity contribution is -0.112. The number of nitriles is 1. The van der Waals surface area contributed by atoms with Crippen LogP contribution in [0.3, 0.4) is 0 Å². The molecule has 0 saturated heterocycles. The number of benzene rings is 2. The van der Waals surface area contributed by atoms with Gasteiger partial charge in [0.2, 0.25) is 5.13 Å². The molecule has 1 amide bonds. The van der Waals surface area contributed by atoms with Crippen molar-refractivity contribution in [1.29, 1.82) is 5.26 Å². The number of amides is 1. The fourth-order valence-corrected chi connectivity index (χ4v) is 3.29. The molecule has 0 aliphatic carbocycles. The van der Waals surface area contributed by atoms with E-state index in [2.05, 4.69) is 15.5 Å². The molecule has 8 heteroatoms. The van der Waals surface area contributed by atoms with Gasteiger partial charge in [0, 0.05) is 5.56 Å². The predicted octanol–water partition coefficient (Wildman–Crippen LogP) is 3.77. The number of aromatic nitrogens is 2. The van der Waals surface area contributed by atoms with E-state index in [9.17, 15) is 15.2 Å². The van der Waals surface area contributed by atoms with Crippen LogP contribution in [-0.2, 0) is 4.79 Å². The predicted molar refractivity (Wildman–Crippen MR) is 107 cm³/mol. The molecule has 0 unspecified atom stereocenters. The van der Waals surface area contributed by atoms with Crippen molar-refractivity contribution in [3.05, 3.63) is 59.2 Å². The molecule has 140 valence electrons. The summed E-state index contributed by atoms with van der Waals surface area (Å²) in [6.45, 7) is 1.97. The quantitative estimate of drug-likeness (QED) is 0.505. The molecular weight excluding hydrogens is 376 g/mol. The van der Waals surface area contributed by atoms with Gasteiger partial charge in [0.05, 0.1) is 7.11 Å². The largest absolute Gasteiger partial charge is 0.504 e. The topological polar surface area (TPSA) is 108 Å².